The maximum absolute atomic E-state index is 12.1. The van der Waals surface area contributed by atoms with Gasteiger partial charge >= 0.3 is 17.8 Å². The van der Waals surface area contributed by atoms with Gasteiger partial charge in [0.05, 0.1) is 12.6 Å². The average molecular weight is 373 g/mol. The first-order chi connectivity index (χ1) is 12.1. The highest BCUT2D eigenvalue weighted by atomic mass is 19.4. The summed E-state index contributed by atoms with van der Waals surface area (Å²) in [6, 6.07) is 0. The van der Waals surface area contributed by atoms with E-state index in [9.17, 15) is 27.6 Å². The highest BCUT2D eigenvalue weighted by Crippen LogP contribution is 2.33. The number of nitrogens with one attached hydrogen (secondary N) is 2. The molecule has 142 valence electrons. The highest BCUT2D eigenvalue weighted by Gasteiger charge is 2.38. The van der Waals surface area contributed by atoms with Crippen molar-refractivity contribution < 1.29 is 22.7 Å². The van der Waals surface area contributed by atoms with E-state index in [1.807, 2.05) is 13.8 Å². The summed E-state index contributed by atoms with van der Waals surface area (Å²) in [7, 11) is 0. The van der Waals surface area contributed by atoms with Crippen LogP contribution in [0.25, 0.3) is 0 Å². The van der Waals surface area contributed by atoms with Crippen molar-refractivity contribution in [2.24, 2.45) is 5.92 Å². The molecule has 0 aliphatic carbocycles. The summed E-state index contributed by atoms with van der Waals surface area (Å²) in [6.45, 7) is 3.37. The van der Waals surface area contributed by atoms with Crippen LogP contribution in [0.15, 0.2) is 15.8 Å². The van der Waals surface area contributed by atoms with Gasteiger partial charge in [-0.3, -0.25) is 19.1 Å². The van der Waals surface area contributed by atoms with Gasteiger partial charge in [0, 0.05) is 6.20 Å². The van der Waals surface area contributed by atoms with Crippen molar-refractivity contribution in [2.45, 2.75) is 45.2 Å². The van der Waals surface area contributed by atoms with Crippen LogP contribution < -0.4 is 16.6 Å². The minimum atomic E-state index is -5.00. The van der Waals surface area contributed by atoms with E-state index in [0.29, 0.717) is 6.42 Å². The predicted molar refractivity (Wildman–Crippen MR) is 85.2 cm³/mol. The number of rotatable bonds is 3. The maximum atomic E-state index is 12.1. The number of carbonyl (C=O) groups excluding carboxylic acids is 1. The Hall–Kier alpha value is -2.54. The van der Waals surface area contributed by atoms with Gasteiger partial charge < -0.3 is 10.1 Å². The number of H-pyrrole nitrogens is 1. The summed E-state index contributed by atoms with van der Waals surface area (Å²) in [5.74, 6) is 2.72. The number of amides is 1. The first-order valence-corrected chi connectivity index (χ1v) is 7.98. The fourth-order valence-electron chi connectivity index (χ4n) is 2.69. The Morgan fingerprint density at radius 2 is 2.15 bits per heavy atom. The molecule has 1 aliphatic heterocycles. The number of halogens is 3. The molecule has 0 bridgehead atoms. The van der Waals surface area contributed by atoms with Gasteiger partial charge in [-0.1, -0.05) is 25.7 Å². The van der Waals surface area contributed by atoms with Crippen LogP contribution >= 0.6 is 0 Å². The van der Waals surface area contributed by atoms with Crippen LogP contribution in [0.4, 0.5) is 13.2 Å². The second-order valence-corrected chi connectivity index (χ2v) is 5.94. The summed E-state index contributed by atoms with van der Waals surface area (Å²) in [4.78, 5) is 36.6. The number of carbonyl (C=O) groups is 1. The standard InChI is InChI=1S/C16H18F3N3O4/c1-3-11-9(2)7-12(26-11)22-8-10(13(23)21-15(22)25)5-4-6-20-14(24)16(17,18)19/h8-9,11-12H,3,6-7H2,1-2H3,(H,20,24)(H,21,23,25). The van der Waals surface area contributed by atoms with E-state index in [1.54, 1.807) is 5.32 Å². The van der Waals surface area contributed by atoms with Crippen LogP contribution in [0.1, 0.15) is 38.5 Å². The Labute approximate surface area is 146 Å². The van der Waals surface area contributed by atoms with Gasteiger partial charge in [0.15, 0.2) is 0 Å². The Kier molecular flexibility index (Phi) is 5.92. The van der Waals surface area contributed by atoms with E-state index in [0.717, 1.165) is 6.42 Å². The third-order valence-electron chi connectivity index (χ3n) is 4.04. The van der Waals surface area contributed by atoms with Gasteiger partial charge in [-0.15, -0.1) is 0 Å². The van der Waals surface area contributed by atoms with Gasteiger partial charge in [0.1, 0.15) is 11.8 Å². The summed E-state index contributed by atoms with van der Waals surface area (Å²) in [5, 5.41) is 1.57. The molecule has 3 atom stereocenters. The number of nitrogens with zero attached hydrogens (tertiary/aromatic N) is 1. The lowest BCUT2D eigenvalue weighted by atomic mass is 10.0. The molecule has 0 radical (unpaired) electrons. The van der Waals surface area contributed by atoms with Crippen molar-refractivity contribution in [1.82, 2.24) is 14.9 Å². The van der Waals surface area contributed by atoms with Gasteiger partial charge in [-0.25, -0.2) is 4.79 Å². The molecule has 1 amide bonds. The number of ether oxygens (including phenoxy) is 1. The third-order valence-corrected chi connectivity index (χ3v) is 4.04. The molecule has 2 heterocycles. The molecule has 2 N–H and O–H groups in total. The van der Waals surface area contributed by atoms with E-state index in [2.05, 4.69) is 16.8 Å². The second-order valence-electron chi connectivity index (χ2n) is 5.94. The van der Waals surface area contributed by atoms with E-state index < -0.39 is 36.1 Å². The van der Waals surface area contributed by atoms with Gasteiger partial charge in [-0.2, -0.15) is 13.2 Å². The maximum Gasteiger partial charge on any atom is 0.471 e. The summed E-state index contributed by atoms with van der Waals surface area (Å²) < 4.78 is 43.2. The number of hydrogen-bond donors (Lipinski definition) is 2. The molecule has 1 fully saturated rings. The molecule has 26 heavy (non-hydrogen) atoms. The van der Waals surface area contributed by atoms with Crippen molar-refractivity contribution in [3.63, 3.8) is 0 Å². The van der Waals surface area contributed by atoms with Gasteiger partial charge in [0.25, 0.3) is 5.56 Å². The largest absolute Gasteiger partial charge is 0.471 e. The fourth-order valence-corrected chi connectivity index (χ4v) is 2.69. The van der Waals surface area contributed by atoms with E-state index in [1.165, 1.54) is 10.8 Å². The Balaban J connectivity index is 2.17. The van der Waals surface area contributed by atoms with Crippen molar-refractivity contribution in [3.05, 3.63) is 32.6 Å². The topological polar surface area (TPSA) is 93.2 Å². The Bertz CT molecular complexity index is 847. The molecule has 0 spiro atoms. The number of aromatic nitrogens is 2. The summed E-state index contributed by atoms with van der Waals surface area (Å²) in [5.41, 5.74) is -1.53. The highest BCUT2D eigenvalue weighted by molar-refractivity contribution is 5.81. The molecule has 0 aromatic carbocycles. The van der Waals surface area contributed by atoms with Crippen LogP contribution in [-0.2, 0) is 9.53 Å². The molecule has 0 saturated carbocycles. The smallest absolute Gasteiger partial charge is 0.354 e. The van der Waals surface area contributed by atoms with Crippen LogP contribution in [0.5, 0.6) is 0 Å². The molecule has 7 nitrogen and oxygen atoms in total. The van der Waals surface area contributed by atoms with Crippen LogP contribution in [0.2, 0.25) is 0 Å². The third kappa shape index (κ3) is 4.54. The number of hydrogen-bond acceptors (Lipinski definition) is 4. The van der Waals surface area contributed by atoms with E-state index >= 15 is 0 Å². The molecular weight excluding hydrogens is 355 g/mol. The molecule has 10 heteroatoms. The molecule has 1 saturated heterocycles. The normalized spacial score (nSPS) is 22.6. The average Bonchev–Trinajstić information content (AvgIpc) is 2.92. The van der Waals surface area contributed by atoms with Gasteiger partial charge in [-0.05, 0) is 18.8 Å². The van der Waals surface area contributed by atoms with E-state index in [-0.39, 0.29) is 17.6 Å². The second kappa shape index (κ2) is 7.78. The lowest BCUT2D eigenvalue weighted by Gasteiger charge is -2.15. The first kappa shape index (κ1) is 19.8. The molecule has 1 aromatic rings. The monoisotopic (exact) mass is 373 g/mol. The zero-order valence-electron chi connectivity index (χ0n) is 14.1. The van der Waals surface area contributed by atoms with Gasteiger partial charge in [0.2, 0.25) is 0 Å². The molecule has 2 rings (SSSR count). The minimum Gasteiger partial charge on any atom is -0.354 e. The van der Waals surface area contributed by atoms with Crippen molar-refractivity contribution in [3.8, 4) is 11.8 Å². The SMILES string of the molecule is CCC1OC(n2cc(C#CCNC(=O)C(F)(F)F)c(=O)[nH]c2=O)CC1C. The first-order valence-electron chi connectivity index (χ1n) is 7.98. The Morgan fingerprint density at radius 1 is 1.46 bits per heavy atom. The fraction of sp³-hybridized carbons (Fsp3) is 0.562. The van der Waals surface area contributed by atoms with Crippen LogP contribution in [-0.4, -0.2) is 34.3 Å². The minimum absolute atomic E-state index is 0.00839. The quantitative estimate of drug-likeness (QED) is 0.770. The number of alkyl halides is 3. The summed E-state index contributed by atoms with van der Waals surface area (Å²) in [6.07, 6.45) is -2.98. The number of aromatic amines is 1. The zero-order chi connectivity index (χ0) is 19.5. The lowest BCUT2D eigenvalue weighted by molar-refractivity contribution is -0.173. The van der Waals surface area contributed by atoms with Crippen LogP contribution in [0.3, 0.4) is 0 Å². The van der Waals surface area contributed by atoms with Crippen molar-refractivity contribution in [1.29, 1.82) is 0 Å². The Morgan fingerprint density at radius 3 is 2.73 bits per heavy atom. The van der Waals surface area contributed by atoms with E-state index in [4.69, 9.17) is 4.74 Å². The molecule has 1 aromatic heterocycles. The molecule has 3 unspecified atom stereocenters. The zero-order valence-corrected chi connectivity index (χ0v) is 14.1. The lowest BCUT2D eigenvalue weighted by Crippen LogP contribution is -2.37. The predicted octanol–water partition coefficient (Wildman–Crippen LogP) is 0.900. The molecule has 1 aliphatic rings. The van der Waals surface area contributed by atoms with Crippen molar-refractivity contribution in [2.75, 3.05) is 6.54 Å². The van der Waals surface area contributed by atoms with Crippen molar-refractivity contribution >= 4 is 5.91 Å². The molecular formula is C16H18F3N3O4. The van der Waals surface area contributed by atoms with Crippen LogP contribution in [0, 0.1) is 17.8 Å². The summed E-state index contributed by atoms with van der Waals surface area (Å²) >= 11 is 0.